The van der Waals surface area contributed by atoms with Gasteiger partial charge in [0.2, 0.25) is 0 Å². The van der Waals surface area contributed by atoms with E-state index in [-0.39, 0.29) is 11.9 Å². The summed E-state index contributed by atoms with van der Waals surface area (Å²) in [5.41, 5.74) is 2.15. The fraction of sp³-hybridized carbons (Fsp3) is 0.600. The number of aryl methyl sites for hydroxylation is 1. The Morgan fingerprint density at radius 2 is 2.24 bits per heavy atom. The minimum Gasteiger partial charge on any atom is -0.466 e. The molecule has 0 amide bonds. The van der Waals surface area contributed by atoms with Crippen LogP contribution < -0.4 is 4.90 Å². The molecule has 1 fully saturated rings. The van der Waals surface area contributed by atoms with E-state index in [0.29, 0.717) is 24.5 Å². The Labute approximate surface area is 124 Å². The lowest BCUT2D eigenvalue weighted by Crippen LogP contribution is -2.40. The van der Waals surface area contributed by atoms with Crippen LogP contribution in [0.5, 0.6) is 0 Å². The highest BCUT2D eigenvalue weighted by Crippen LogP contribution is 2.26. The molecule has 21 heavy (non-hydrogen) atoms. The second kappa shape index (κ2) is 6.53. The van der Waals surface area contributed by atoms with E-state index in [1.165, 1.54) is 0 Å². The summed E-state index contributed by atoms with van der Waals surface area (Å²) >= 11 is 0. The number of hydrogen-bond acceptors (Lipinski definition) is 6. The normalized spacial score (nSPS) is 18.2. The number of carbonyl (C=O) groups is 1. The van der Waals surface area contributed by atoms with E-state index < -0.39 is 0 Å². The number of esters is 1. The first-order valence-electron chi connectivity index (χ1n) is 7.24. The smallest absolute Gasteiger partial charge is 0.310 e. The van der Waals surface area contributed by atoms with Crippen molar-refractivity contribution >= 4 is 11.8 Å². The lowest BCUT2D eigenvalue weighted by molar-refractivity contribution is -0.148. The van der Waals surface area contributed by atoms with Crippen LogP contribution in [0.2, 0.25) is 0 Å². The molecule has 1 unspecified atom stereocenters. The second-order valence-corrected chi connectivity index (χ2v) is 5.26. The summed E-state index contributed by atoms with van der Waals surface area (Å²) in [6.07, 6.45) is 1.69. The molecule has 0 spiro atoms. The fourth-order valence-corrected chi connectivity index (χ4v) is 2.57. The molecule has 2 heterocycles. The minimum atomic E-state index is -0.169. The summed E-state index contributed by atoms with van der Waals surface area (Å²) in [5, 5.41) is 17.7. The van der Waals surface area contributed by atoms with Crippen molar-refractivity contribution in [2.75, 3.05) is 24.6 Å². The van der Waals surface area contributed by atoms with Crippen LogP contribution in [0.15, 0.2) is 0 Å². The molecule has 0 N–H and O–H groups in total. The molecule has 6 nitrogen and oxygen atoms in total. The largest absolute Gasteiger partial charge is 0.466 e. The van der Waals surface area contributed by atoms with Crippen LogP contribution in [0.1, 0.15) is 36.6 Å². The van der Waals surface area contributed by atoms with E-state index in [2.05, 4.69) is 16.3 Å². The van der Waals surface area contributed by atoms with Crippen LogP contribution >= 0.6 is 0 Å². The lowest BCUT2D eigenvalue weighted by Gasteiger charge is -2.32. The topological polar surface area (TPSA) is 79.1 Å². The molecular formula is C15H20N4O2. The van der Waals surface area contributed by atoms with Gasteiger partial charge in [-0.3, -0.25) is 4.79 Å². The third-order valence-corrected chi connectivity index (χ3v) is 3.89. The molecule has 0 bridgehead atoms. The first-order chi connectivity index (χ1) is 10.1. The molecule has 1 aliphatic rings. The summed E-state index contributed by atoms with van der Waals surface area (Å²) in [7, 11) is 0. The summed E-state index contributed by atoms with van der Waals surface area (Å²) < 4.78 is 5.10. The third-order valence-electron chi connectivity index (χ3n) is 3.89. The van der Waals surface area contributed by atoms with Crippen LogP contribution in [0.25, 0.3) is 0 Å². The van der Waals surface area contributed by atoms with Gasteiger partial charge in [-0.2, -0.15) is 10.4 Å². The molecule has 6 heteroatoms. The van der Waals surface area contributed by atoms with Crippen LogP contribution in [-0.4, -0.2) is 35.9 Å². The number of aromatic nitrogens is 2. The van der Waals surface area contributed by atoms with Gasteiger partial charge in [-0.25, -0.2) is 0 Å². The standard InChI is InChI=1S/C15H20N4O2/c1-4-21-15(20)12-6-5-7-19(9-12)14-13(8-16)10(2)11(3)17-18-14/h12H,4-7,9H2,1-3H3. The molecule has 1 atom stereocenters. The summed E-state index contributed by atoms with van der Waals surface area (Å²) in [4.78, 5) is 13.9. The molecular weight excluding hydrogens is 268 g/mol. The Morgan fingerprint density at radius 1 is 1.48 bits per heavy atom. The first kappa shape index (κ1) is 15.2. The Balaban J connectivity index is 2.25. The highest BCUT2D eigenvalue weighted by atomic mass is 16.5. The predicted octanol–water partition coefficient (Wildman–Crippen LogP) is 1.74. The third kappa shape index (κ3) is 3.13. The monoisotopic (exact) mass is 288 g/mol. The first-order valence-corrected chi connectivity index (χ1v) is 7.24. The molecule has 0 aromatic carbocycles. The van der Waals surface area contributed by atoms with Gasteiger partial charge in [-0.1, -0.05) is 0 Å². The Kier molecular flexibility index (Phi) is 4.73. The maximum Gasteiger partial charge on any atom is 0.310 e. The number of carbonyl (C=O) groups excluding carboxylic acids is 1. The highest BCUT2D eigenvalue weighted by molar-refractivity contribution is 5.74. The van der Waals surface area contributed by atoms with Crippen molar-refractivity contribution in [2.24, 2.45) is 5.92 Å². The zero-order valence-corrected chi connectivity index (χ0v) is 12.7. The van der Waals surface area contributed by atoms with Gasteiger partial charge < -0.3 is 9.64 Å². The summed E-state index contributed by atoms with van der Waals surface area (Å²) in [6.45, 7) is 7.22. The number of rotatable bonds is 3. The Morgan fingerprint density at radius 3 is 2.90 bits per heavy atom. The minimum absolute atomic E-state index is 0.159. The van der Waals surface area contributed by atoms with Crippen molar-refractivity contribution in [3.8, 4) is 6.07 Å². The van der Waals surface area contributed by atoms with E-state index in [4.69, 9.17) is 4.74 Å². The van der Waals surface area contributed by atoms with Gasteiger partial charge in [-0.05, 0) is 39.2 Å². The maximum atomic E-state index is 11.9. The van der Waals surface area contributed by atoms with Crippen molar-refractivity contribution in [1.29, 1.82) is 5.26 Å². The average Bonchev–Trinajstić information content (AvgIpc) is 2.50. The molecule has 0 radical (unpaired) electrons. The Hall–Kier alpha value is -2.16. The van der Waals surface area contributed by atoms with Crippen LogP contribution in [0, 0.1) is 31.1 Å². The number of ether oxygens (including phenoxy) is 1. The van der Waals surface area contributed by atoms with Gasteiger partial charge in [0.25, 0.3) is 0 Å². The van der Waals surface area contributed by atoms with Gasteiger partial charge in [0, 0.05) is 13.1 Å². The molecule has 2 rings (SSSR count). The van der Waals surface area contributed by atoms with Gasteiger partial charge >= 0.3 is 5.97 Å². The summed E-state index contributed by atoms with van der Waals surface area (Å²) in [5.74, 6) is 0.251. The zero-order chi connectivity index (χ0) is 15.4. The second-order valence-electron chi connectivity index (χ2n) is 5.26. The van der Waals surface area contributed by atoms with Gasteiger partial charge in [0.15, 0.2) is 5.82 Å². The fourth-order valence-electron chi connectivity index (χ4n) is 2.57. The predicted molar refractivity (Wildman–Crippen MR) is 77.8 cm³/mol. The SMILES string of the molecule is CCOC(=O)C1CCCN(c2nnc(C)c(C)c2C#N)C1. The molecule has 1 aromatic rings. The van der Waals surface area contributed by atoms with Crippen molar-refractivity contribution in [1.82, 2.24) is 10.2 Å². The number of hydrogen-bond donors (Lipinski definition) is 0. The average molecular weight is 288 g/mol. The highest BCUT2D eigenvalue weighted by Gasteiger charge is 2.29. The van der Waals surface area contributed by atoms with Crippen molar-refractivity contribution in [3.05, 3.63) is 16.8 Å². The van der Waals surface area contributed by atoms with Crippen molar-refractivity contribution in [3.63, 3.8) is 0 Å². The van der Waals surface area contributed by atoms with E-state index in [1.54, 1.807) is 6.92 Å². The van der Waals surface area contributed by atoms with Crippen molar-refractivity contribution in [2.45, 2.75) is 33.6 Å². The Bertz CT molecular complexity index is 580. The molecule has 0 aliphatic carbocycles. The summed E-state index contributed by atoms with van der Waals surface area (Å²) in [6, 6.07) is 2.21. The van der Waals surface area contributed by atoms with Crippen LogP contribution in [0.3, 0.4) is 0 Å². The van der Waals surface area contributed by atoms with E-state index in [1.807, 2.05) is 18.7 Å². The van der Waals surface area contributed by atoms with E-state index in [0.717, 1.165) is 30.6 Å². The lowest BCUT2D eigenvalue weighted by atomic mass is 9.97. The van der Waals surface area contributed by atoms with Crippen LogP contribution in [0.4, 0.5) is 5.82 Å². The molecule has 1 aliphatic heterocycles. The number of nitrogens with zero attached hydrogens (tertiary/aromatic N) is 4. The van der Waals surface area contributed by atoms with Gasteiger partial charge in [0.05, 0.1) is 18.2 Å². The van der Waals surface area contributed by atoms with Crippen LogP contribution in [-0.2, 0) is 9.53 Å². The zero-order valence-electron chi connectivity index (χ0n) is 12.7. The molecule has 0 saturated carbocycles. The van der Waals surface area contributed by atoms with Crippen molar-refractivity contribution < 1.29 is 9.53 Å². The van der Waals surface area contributed by atoms with E-state index >= 15 is 0 Å². The molecule has 112 valence electrons. The quantitative estimate of drug-likeness (QED) is 0.788. The van der Waals surface area contributed by atoms with Gasteiger partial charge in [0.1, 0.15) is 11.6 Å². The molecule has 1 aromatic heterocycles. The number of piperidine rings is 1. The number of nitriles is 1. The maximum absolute atomic E-state index is 11.9. The van der Waals surface area contributed by atoms with E-state index in [9.17, 15) is 10.1 Å². The number of anilines is 1. The van der Waals surface area contributed by atoms with Gasteiger partial charge in [-0.15, -0.1) is 5.10 Å². The molecule has 1 saturated heterocycles.